The second kappa shape index (κ2) is 4.80. The predicted molar refractivity (Wildman–Crippen MR) is 55.4 cm³/mol. The second-order valence-electron chi connectivity index (χ2n) is 3.34. The van der Waals surface area contributed by atoms with Crippen molar-refractivity contribution in [3.8, 4) is 0 Å². The van der Waals surface area contributed by atoms with Gasteiger partial charge in [-0.2, -0.15) is 0 Å². The Morgan fingerprint density at radius 1 is 1.69 bits per heavy atom. The van der Waals surface area contributed by atoms with Crippen molar-refractivity contribution in [1.82, 2.24) is 14.9 Å². The van der Waals surface area contributed by atoms with Crippen LogP contribution in [0.25, 0.3) is 0 Å². The van der Waals surface area contributed by atoms with Crippen molar-refractivity contribution in [3.63, 3.8) is 0 Å². The Morgan fingerprint density at radius 3 is 2.85 bits per heavy atom. The van der Waals surface area contributed by atoms with E-state index in [1.54, 1.807) is 0 Å². The average molecular weight is 245 g/mol. The number of likely N-dealkylation sites (N-methyl/N-ethyl adjacent to an activating group) is 1. The summed E-state index contributed by atoms with van der Waals surface area (Å²) in [6.07, 6.45) is 2.92. The van der Waals surface area contributed by atoms with Gasteiger partial charge in [0.05, 0.1) is 0 Å². The molecule has 0 spiro atoms. The molecule has 0 aliphatic carbocycles. The van der Waals surface area contributed by atoms with Crippen LogP contribution in [0.2, 0.25) is 0 Å². The molecule has 1 rings (SSSR count). The fourth-order valence-corrected chi connectivity index (χ4v) is 1.61. The third-order valence-electron chi connectivity index (χ3n) is 2.37. The van der Waals surface area contributed by atoms with Crippen LogP contribution in [-0.2, 0) is 6.42 Å². The molecule has 0 saturated heterocycles. The zero-order valence-electron chi connectivity index (χ0n) is 8.37. The average Bonchev–Trinajstić information content (AvgIpc) is 2.49. The number of nitrogens with zero attached hydrogens (tertiary/aromatic N) is 2. The van der Waals surface area contributed by atoms with Crippen molar-refractivity contribution in [2.24, 2.45) is 0 Å². The van der Waals surface area contributed by atoms with Crippen molar-refractivity contribution >= 4 is 20.7 Å². The van der Waals surface area contributed by atoms with Gasteiger partial charge in [-0.25, -0.2) is 0 Å². The summed E-state index contributed by atoms with van der Waals surface area (Å²) in [6, 6.07) is 0.560. The summed E-state index contributed by atoms with van der Waals surface area (Å²) < 4.78 is 0.876. The normalized spacial score (nSPS) is 13.5. The first-order chi connectivity index (χ1) is 6.13. The number of nitrogens with one attached hydrogen (secondary N) is 1. The molecule has 1 radical (unpaired) electrons. The molecule has 0 aliphatic heterocycles. The van der Waals surface area contributed by atoms with Crippen LogP contribution in [0.3, 0.4) is 0 Å². The molecule has 13 heavy (non-hydrogen) atoms. The maximum absolute atomic E-state index is 4.13. The van der Waals surface area contributed by atoms with Crippen molar-refractivity contribution in [2.45, 2.75) is 26.3 Å². The zero-order valence-corrected chi connectivity index (χ0v) is 10.1. The third-order valence-corrected chi connectivity index (χ3v) is 2.81. The number of hydrogen-bond donors (Lipinski definition) is 1. The van der Waals surface area contributed by atoms with Gasteiger partial charge in [-0.05, 0) is 0 Å². The Morgan fingerprint density at radius 2 is 2.38 bits per heavy atom. The van der Waals surface area contributed by atoms with Gasteiger partial charge in [-0.1, -0.05) is 0 Å². The Hall–Kier alpha value is -0.311. The molecule has 4 heteroatoms. The fourth-order valence-electron chi connectivity index (χ4n) is 1.23. The summed E-state index contributed by atoms with van der Waals surface area (Å²) in [5, 5.41) is 0. The number of aromatic amines is 1. The summed E-state index contributed by atoms with van der Waals surface area (Å²) >= 11 is 2.86. The van der Waals surface area contributed by atoms with Crippen molar-refractivity contribution < 1.29 is 0 Å². The van der Waals surface area contributed by atoms with Crippen LogP contribution in [0.1, 0.15) is 19.5 Å². The molecule has 1 N–H and O–H groups in total. The van der Waals surface area contributed by atoms with Gasteiger partial charge in [0.25, 0.3) is 0 Å². The van der Waals surface area contributed by atoms with Gasteiger partial charge in [-0.3, -0.25) is 0 Å². The molecule has 0 aliphatic rings. The SMILES string of the molecule is CCN(C)C(C)Cc1cnc([Se])[nH]1. The number of imidazole rings is 1. The molecule has 1 unspecified atom stereocenters. The molecule has 0 bridgehead atoms. The number of H-pyrrole nitrogens is 1. The van der Waals surface area contributed by atoms with Gasteiger partial charge in [0, 0.05) is 0 Å². The van der Waals surface area contributed by atoms with E-state index in [0.717, 1.165) is 17.7 Å². The van der Waals surface area contributed by atoms with Gasteiger partial charge in [0.15, 0.2) is 0 Å². The standard InChI is InChI=1S/C9H16N3Se/c1-4-12(3)7(2)5-8-6-10-9(13)11-8/h6-7H,4-5H2,1-3H3,(H,10,11). The van der Waals surface area contributed by atoms with E-state index in [0.29, 0.717) is 6.04 Å². The Labute approximate surface area is 87.7 Å². The van der Waals surface area contributed by atoms with Crippen molar-refractivity contribution in [2.75, 3.05) is 13.6 Å². The number of hydrogen-bond acceptors (Lipinski definition) is 2. The van der Waals surface area contributed by atoms with E-state index in [1.807, 2.05) is 6.20 Å². The molecule has 0 aromatic carbocycles. The molecule has 0 saturated carbocycles. The molecule has 3 nitrogen and oxygen atoms in total. The first kappa shape index (κ1) is 10.8. The summed E-state index contributed by atoms with van der Waals surface area (Å²) in [4.78, 5) is 9.64. The Bertz CT molecular complexity index is 259. The molecular weight excluding hydrogens is 229 g/mol. The number of rotatable bonds is 4. The molecular formula is C9H16N3Se. The van der Waals surface area contributed by atoms with Crippen molar-refractivity contribution in [3.05, 3.63) is 11.9 Å². The second-order valence-corrected chi connectivity index (χ2v) is 4.15. The van der Waals surface area contributed by atoms with E-state index >= 15 is 0 Å². The van der Waals surface area contributed by atoms with Crippen LogP contribution < -0.4 is 4.72 Å². The maximum atomic E-state index is 4.13. The zero-order chi connectivity index (χ0) is 9.84. The van der Waals surface area contributed by atoms with E-state index in [-0.39, 0.29) is 0 Å². The topological polar surface area (TPSA) is 31.9 Å². The molecule has 73 valence electrons. The summed E-state index contributed by atoms with van der Waals surface area (Å²) in [7, 11) is 2.14. The first-order valence-electron chi connectivity index (χ1n) is 4.54. The van der Waals surface area contributed by atoms with E-state index in [1.165, 1.54) is 5.69 Å². The van der Waals surface area contributed by atoms with Gasteiger partial charge < -0.3 is 0 Å². The van der Waals surface area contributed by atoms with Crippen LogP contribution in [0.4, 0.5) is 0 Å². The molecule has 1 heterocycles. The summed E-state index contributed by atoms with van der Waals surface area (Å²) in [5.41, 5.74) is 1.20. The van der Waals surface area contributed by atoms with Crippen LogP contribution >= 0.6 is 0 Å². The van der Waals surface area contributed by atoms with Crippen LogP contribution in [0, 0.1) is 0 Å². The van der Waals surface area contributed by atoms with Crippen LogP contribution in [0.15, 0.2) is 6.20 Å². The van der Waals surface area contributed by atoms with Crippen LogP contribution in [-0.4, -0.2) is 50.5 Å². The van der Waals surface area contributed by atoms with Crippen LogP contribution in [0.5, 0.6) is 0 Å². The van der Waals surface area contributed by atoms with Gasteiger partial charge in [-0.15, -0.1) is 0 Å². The van der Waals surface area contributed by atoms with E-state index in [9.17, 15) is 0 Å². The Kier molecular flexibility index (Phi) is 3.97. The van der Waals surface area contributed by atoms with Gasteiger partial charge >= 0.3 is 87.4 Å². The Balaban J connectivity index is 2.49. The number of aromatic nitrogens is 2. The van der Waals surface area contributed by atoms with E-state index in [2.05, 4.69) is 51.8 Å². The molecule has 1 aromatic heterocycles. The van der Waals surface area contributed by atoms with Gasteiger partial charge in [0.1, 0.15) is 0 Å². The summed E-state index contributed by atoms with van der Waals surface area (Å²) in [5.74, 6) is 0. The summed E-state index contributed by atoms with van der Waals surface area (Å²) in [6.45, 7) is 5.48. The third kappa shape index (κ3) is 3.14. The minimum atomic E-state index is 0.560. The predicted octanol–water partition coefficient (Wildman–Crippen LogP) is 0.0862. The fraction of sp³-hybridized carbons (Fsp3) is 0.667. The molecule has 1 atom stereocenters. The molecule has 0 amide bonds. The van der Waals surface area contributed by atoms with Crippen molar-refractivity contribution in [1.29, 1.82) is 0 Å². The van der Waals surface area contributed by atoms with E-state index < -0.39 is 0 Å². The molecule has 0 fully saturated rings. The first-order valence-corrected chi connectivity index (χ1v) is 5.40. The minimum absolute atomic E-state index is 0.560. The van der Waals surface area contributed by atoms with E-state index in [4.69, 9.17) is 0 Å². The quantitative estimate of drug-likeness (QED) is 0.762. The molecule has 1 aromatic rings. The monoisotopic (exact) mass is 246 g/mol. The van der Waals surface area contributed by atoms with Gasteiger partial charge in [0.2, 0.25) is 0 Å².